The number of rotatable bonds is 7. The second-order valence-electron chi connectivity index (χ2n) is 10.9. The van der Waals surface area contributed by atoms with Gasteiger partial charge in [-0.2, -0.15) is 9.97 Å². The lowest BCUT2D eigenvalue weighted by Gasteiger charge is -2.36. The summed E-state index contributed by atoms with van der Waals surface area (Å²) < 4.78 is 47.0. The number of morpholine rings is 1. The lowest BCUT2D eigenvalue weighted by Crippen LogP contribution is -2.46. The molecule has 0 radical (unpaired) electrons. The fourth-order valence-corrected chi connectivity index (χ4v) is 6.10. The molecule has 3 fully saturated rings. The van der Waals surface area contributed by atoms with Crippen molar-refractivity contribution in [1.82, 2.24) is 24.4 Å². The molecular weight excluding hydrogens is 534 g/mol. The van der Waals surface area contributed by atoms with Gasteiger partial charge in [0.15, 0.2) is 5.82 Å². The number of para-hydroxylation sites is 2. The van der Waals surface area contributed by atoms with Crippen LogP contribution in [0.5, 0.6) is 5.88 Å². The van der Waals surface area contributed by atoms with E-state index in [9.17, 15) is 13.6 Å². The van der Waals surface area contributed by atoms with Crippen molar-refractivity contribution in [2.45, 2.75) is 57.2 Å². The number of methoxy groups -OCH3 is 1. The highest BCUT2D eigenvalue weighted by molar-refractivity contribution is 5.79. The van der Waals surface area contributed by atoms with Crippen LogP contribution < -0.4 is 9.64 Å². The summed E-state index contributed by atoms with van der Waals surface area (Å²) in [5.74, 6) is 0.805. The Morgan fingerprint density at radius 2 is 1.78 bits per heavy atom. The van der Waals surface area contributed by atoms with Crippen LogP contribution in [0.4, 0.5) is 14.7 Å². The minimum absolute atomic E-state index is 0.0266. The third kappa shape index (κ3) is 5.99. The van der Waals surface area contributed by atoms with Crippen molar-refractivity contribution in [3.8, 4) is 11.7 Å². The first-order valence-electron chi connectivity index (χ1n) is 14.5. The molecule has 1 aliphatic carbocycles. The minimum Gasteiger partial charge on any atom is -0.474 e. The predicted octanol–water partition coefficient (Wildman–Crippen LogP) is 4.16. The normalized spacial score (nSPS) is 23.8. The van der Waals surface area contributed by atoms with Crippen LogP contribution in [0.1, 0.15) is 50.8 Å². The number of hydrogen-bond acceptors (Lipinski definition) is 8. The van der Waals surface area contributed by atoms with Crippen LogP contribution in [0.25, 0.3) is 16.9 Å². The number of piperidine rings is 1. The molecule has 0 bridgehead atoms. The first-order chi connectivity index (χ1) is 20.0. The Kier molecular flexibility index (Phi) is 8.29. The Balaban J connectivity index is 1.23. The fourth-order valence-electron chi connectivity index (χ4n) is 6.10. The number of anilines is 1. The molecule has 1 amide bonds. The van der Waals surface area contributed by atoms with Gasteiger partial charge in [0, 0.05) is 45.3 Å². The van der Waals surface area contributed by atoms with Gasteiger partial charge in [0.1, 0.15) is 11.9 Å². The highest BCUT2D eigenvalue weighted by Gasteiger charge is 2.33. The zero-order chi connectivity index (χ0) is 28.3. The van der Waals surface area contributed by atoms with Crippen molar-refractivity contribution in [3.05, 3.63) is 36.2 Å². The van der Waals surface area contributed by atoms with Gasteiger partial charge in [-0.05, 0) is 50.7 Å². The van der Waals surface area contributed by atoms with Crippen LogP contribution >= 0.6 is 0 Å². The number of halogens is 2. The molecule has 6 rings (SSSR count). The molecule has 1 atom stereocenters. The molecule has 2 aliphatic heterocycles. The summed E-state index contributed by atoms with van der Waals surface area (Å²) in [7, 11) is 1.70. The lowest BCUT2D eigenvalue weighted by molar-refractivity contribution is -0.140. The third-order valence-corrected chi connectivity index (χ3v) is 8.32. The maximum Gasteiger partial charge on any atom is 0.296 e. The number of fused-ring (bicyclic) bond motifs is 1. The first kappa shape index (κ1) is 27.8. The molecule has 1 saturated carbocycles. The van der Waals surface area contributed by atoms with Gasteiger partial charge in [-0.15, -0.1) is 0 Å². The predicted molar refractivity (Wildman–Crippen MR) is 148 cm³/mol. The van der Waals surface area contributed by atoms with Gasteiger partial charge in [0.25, 0.3) is 6.43 Å². The van der Waals surface area contributed by atoms with E-state index in [0.717, 1.165) is 32.2 Å². The molecule has 1 aromatic carbocycles. The van der Waals surface area contributed by atoms with Gasteiger partial charge in [-0.1, -0.05) is 12.1 Å². The highest BCUT2D eigenvalue weighted by atomic mass is 19.3. The maximum absolute atomic E-state index is 14.1. The van der Waals surface area contributed by atoms with Crippen LogP contribution in [0.2, 0.25) is 0 Å². The molecule has 2 saturated heterocycles. The Morgan fingerprint density at radius 3 is 2.54 bits per heavy atom. The molecule has 3 aromatic rings. The number of imidazole rings is 1. The first-order valence-corrected chi connectivity index (χ1v) is 14.5. The van der Waals surface area contributed by atoms with Crippen LogP contribution in [-0.4, -0.2) is 89.0 Å². The molecule has 0 spiro atoms. The quantitative estimate of drug-likeness (QED) is 0.418. The number of benzene rings is 1. The molecule has 3 aliphatic rings. The van der Waals surface area contributed by atoms with Crippen LogP contribution in [-0.2, 0) is 14.3 Å². The van der Waals surface area contributed by atoms with E-state index in [-0.39, 0.29) is 35.7 Å². The number of hydrogen-bond donors (Lipinski definition) is 0. The number of ether oxygens (including phenoxy) is 3. The number of likely N-dealkylation sites (tertiary alicyclic amines) is 1. The minimum atomic E-state index is -2.79. The standard InChI is InChI=1S/C29H36F2N6O4/c1-39-21-5-4-12-36(18-21)28(38)19-8-10-20(11-9-19)41-25-17-24(33-29(34-25)35-13-15-40-16-14-35)37-23-7-3-2-6-22(23)32-27(37)26(30)31/h2-3,6-7,17,19-21,26H,4-5,8-16,18H2,1H3/t19-,20-,21?. The number of carbonyl (C=O) groups excluding carboxylic acids is 1. The van der Waals surface area contributed by atoms with E-state index < -0.39 is 6.43 Å². The molecule has 41 heavy (non-hydrogen) atoms. The summed E-state index contributed by atoms with van der Waals surface area (Å²) >= 11 is 0. The highest BCUT2D eigenvalue weighted by Crippen LogP contribution is 2.33. The van der Waals surface area contributed by atoms with Crippen LogP contribution in [0.3, 0.4) is 0 Å². The molecule has 10 nitrogen and oxygen atoms in total. The number of alkyl halides is 2. The Morgan fingerprint density at radius 1 is 1.00 bits per heavy atom. The van der Waals surface area contributed by atoms with Gasteiger partial charge in [-0.25, -0.2) is 13.8 Å². The Bertz CT molecular complexity index is 1360. The zero-order valence-electron chi connectivity index (χ0n) is 23.3. The Hall–Kier alpha value is -3.38. The van der Waals surface area contributed by atoms with Gasteiger partial charge < -0.3 is 24.0 Å². The molecular formula is C29H36F2N6O4. The van der Waals surface area contributed by atoms with Crippen molar-refractivity contribution in [1.29, 1.82) is 0 Å². The molecule has 2 aromatic heterocycles. The molecule has 0 N–H and O–H groups in total. The van der Waals surface area contributed by atoms with Crippen molar-refractivity contribution >= 4 is 22.9 Å². The maximum atomic E-state index is 14.1. The van der Waals surface area contributed by atoms with Gasteiger partial charge in [-0.3, -0.25) is 9.36 Å². The van der Waals surface area contributed by atoms with Crippen molar-refractivity contribution < 1.29 is 27.8 Å². The van der Waals surface area contributed by atoms with E-state index in [0.29, 0.717) is 68.6 Å². The number of carbonyl (C=O) groups is 1. The van der Waals surface area contributed by atoms with Gasteiger partial charge >= 0.3 is 0 Å². The number of aromatic nitrogens is 4. The summed E-state index contributed by atoms with van der Waals surface area (Å²) in [5.41, 5.74) is 0.998. The van der Waals surface area contributed by atoms with E-state index in [1.54, 1.807) is 37.4 Å². The monoisotopic (exact) mass is 570 g/mol. The van der Waals surface area contributed by atoms with E-state index in [1.165, 1.54) is 4.57 Å². The average molecular weight is 571 g/mol. The van der Waals surface area contributed by atoms with Gasteiger partial charge in [0.05, 0.1) is 30.4 Å². The molecule has 220 valence electrons. The number of amides is 1. The Labute approximate surface area is 237 Å². The van der Waals surface area contributed by atoms with Crippen molar-refractivity contribution in [3.63, 3.8) is 0 Å². The average Bonchev–Trinajstić information content (AvgIpc) is 3.42. The van der Waals surface area contributed by atoms with Crippen LogP contribution in [0, 0.1) is 5.92 Å². The summed E-state index contributed by atoms with van der Waals surface area (Å²) in [6.45, 7) is 3.67. The van der Waals surface area contributed by atoms with E-state index in [4.69, 9.17) is 19.2 Å². The SMILES string of the molecule is COC1CCCN(C(=O)[C@H]2CC[C@H](Oc3cc(-n4c(C(F)F)nc5ccccc54)nc(N4CCOCC4)n3)CC2)C1. The van der Waals surface area contributed by atoms with Gasteiger partial charge in [0.2, 0.25) is 17.7 Å². The number of nitrogens with zero attached hydrogens (tertiary/aromatic N) is 6. The zero-order valence-corrected chi connectivity index (χ0v) is 23.3. The smallest absolute Gasteiger partial charge is 0.296 e. The topological polar surface area (TPSA) is 94.8 Å². The lowest BCUT2D eigenvalue weighted by atomic mass is 9.86. The summed E-state index contributed by atoms with van der Waals surface area (Å²) in [6, 6.07) is 8.62. The summed E-state index contributed by atoms with van der Waals surface area (Å²) in [6.07, 6.45) is 2.01. The largest absolute Gasteiger partial charge is 0.474 e. The fraction of sp³-hybridized carbons (Fsp3) is 0.586. The van der Waals surface area contributed by atoms with E-state index >= 15 is 0 Å². The molecule has 4 heterocycles. The van der Waals surface area contributed by atoms with Crippen molar-refractivity contribution in [2.24, 2.45) is 5.92 Å². The summed E-state index contributed by atoms with van der Waals surface area (Å²) in [5, 5.41) is 0. The van der Waals surface area contributed by atoms with Crippen molar-refractivity contribution in [2.75, 3.05) is 51.4 Å². The third-order valence-electron chi connectivity index (χ3n) is 8.32. The van der Waals surface area contributed by atoms with E-state index in [1.807, 2.05) is 9.80 Å². The van der Waals surface area contributed by atoms with E-state index in [2.05, 4.69) is 9.97 Å². The summed E-state index contributed by atoms with van der Waals surface area (Å²) in [4.78, 5) is 30.7. The second kappa shape index (κ2) is 12.2. The van der Waals surface area contributed by atoms with Crippen LogP contribution in [0.15, 0.2) is 30.3 Å². The second-order valence-corrected chi connectivity index (χ2v) is 10.9. The molecule has 1 unspecified atom stereocenters. The molecule has 12 heteroatoms.